The summed E-state index contributed by atoms with van der Waals surface area (Å²) in [6.45, 7) is 7.13. The summed E-state index contributed by atoms with van der Waals surface area (Å²) in [5.74, 6) is -0.411. The third-order valence-electron chi connectivity index (χ3n) is 5.37. The van der Waals surface area contributed by atoms with E-state index >= 15 is 0 Å². The summed E-state index contributed by atoms with van der Waals surface area (Å²) < 4.78 is 8.22. The number of urea groups is 1. The van der Waals surface area contributed by atoms with E-state index in [9.17, 15) is 19.2 Å². The predicted octanol–water partition coefficient (Wildman–Crippen LogP) is -0.148. The van der Waals surface area contributed by atoms with Gasteiger partial charge in [-0.25, -0.2) is 9.59 Å². The number of hydrogen-bond donors (Lipinski definition) is 1. The van der Waals surface area contributed by atoms with Gasteiger partial charge in [-0.05, 0) is 27.7 Å². The maximum absolute atomic E-state index is 13.2. The third kappa shape index (κ3) is 2.41. The predicted molar refractivity (Wildman–Crippen MR) is 92.6 cm³/mol. The van der Waals surface area contributed by atoms with Gasteiger partial charge < -0.3 is 10.1 Å². The van der Waals surface area contributed by atoms with E-state index in [4.69, 9.17) is 4.74 Å². The largest absolute Gasteiger partial charge is 0.367 e. The van der Waals surface area contributed by atoms with Crippen LogP contribution in [0, 0.1) is 0 Å². The van der Waals surface area contributed by atoms with E-state index in [-0.39, 0.29) is 12.2 Å². The topological polar surface area (TPSA) is 103 Å². The first kappa shape index (κ1) is 18.4. The molecule has 0 unspecified atom stereocenters. The van der Waals surface area contributed by atoms with Gasteiger partial charge in [0.2, 0.25) is 0 Å². The number of carbonyl (C=O) groups excluding carboxylic acids is 2. The van der Waals surface area contributed by atoms with Crippen molar-refractivity contribution in [2.75, 3.05) is 0 Å². The highest BCUT2D eigenvalue weighted by atomic mass is 16.5. The van der Waals surface area contributed by atoms with Crippen LogP contribution in [0.3, 0.4) is 0 Å². The number of aromatic nitrogens is 2. The smallest absolute Gasteiger partial charge is 0.330 e. The van der Waals surface area contributed by atoms with Crippen molar-refractivity contribution >= 4 is 11.9 Å². The van der Waals surface area contributed by atoms with Gasteiger partial charge in [0.05, 0.1) is 17.7 Å². The van der Waals surface area contributed by atoms with Crippen LogP contribution in [0.2, 0.25) is 0 Å². The maximum atomic E-state index is 13.2. The summed E-state index contributed by atoms with van der Waals surface area (Å²) in [6, 6.07) is 0.699. The molecule has 0 aliphatic carbocycles. The second-order valence-electron chi connectivity index (χ2n) is 8.15. The molecule has 9 nitrogen and oxygen atoms in total. The summed E-state index contributed by atoms with van der Waals surface area (Å²) in [6.07, 6.45) is 0.337. The molecule has 2 fully saturated rings. The van der Waals surface area contributed by atoms with E-state index in [1.165, 1.54) is 24.7 Å². The fourth-order valence-electron chi connectivity index (χ4n) is 4.05. The van der Waals surface area contributed by atoms with Gasteiger partial charge in [0.25, 0.3) is 11.5 Å². The SMILES string of the molecule is Cn1c(CN2C(=O)N[C@]3(CC(C)(C)OC3(C)C)C2=O)cc(=O)n(C)c1=O. The van der Waals surface area contributed by atoms with E-state index < -0.39 is 39.9 Å². The number of imide groups is 1. The summed E-state index contributed by atoms with van der Waals surface area (Å²) in [4.78, 5) is 50.8. The molecular weight excluding hydrogens is 340 g/mol. The Morgan fingerprint density at radius 1 is 1.08 bits per heavy atom. The Morgan fingerprint density at radius 3 is 2.23 bits per heavy atom. The van der Waals surface area contributed by atoms with Crippen molar-refractivity contribution in [2.24, 2.45) is 14.1 Å². The standard InChI is InChI=1S/C17H24N4O5/c1-15(2)9-17(16(3,4)26-15)12(23)21(13(24)18-17)8-10-7-11(22)20(6)14(25)19(10)5/h7H,8-9H2,1-6H3,(H,18,24)/t17-/m1/s1. The van der Waals surface area contributed by atoms with E-state index in [1.54, 1.807) is 13.8 Å². The van der Waals surface area contributed by atoms with Crippen LogP contribution in [0.1, 0.15) is 39.8 Å². The molecule has 2 aliphatic rings. The molecule has 1 atom stereocenters. The van der Waals surface area contributed by atoms with Crippen LogP contribution in [-0.4, -0.2) is 42.7 Å². The zero-order valence-corrected chi connectivity index (χ0v) is 15.9. The Bertz CT molecular complexity index is 926. The number of nitrogens with zero attached hydrogens (tertiary/aromatic N) is 3. The van der Waals surface area contributed by atoms with Crippen molar-refractivity contribution in [2.45, 2.75) is 57.4 Å². The van der Waals surface area contributed by atoms with Crippen molar-refractivity contribution in [3.63, 3.8) is 0 Å². The lowest BCUT2D eigenvalue weighted by Crippen LogP contribution is -2.59. The van der Waals surface area contributed by atoms with Gasteiger partial charge in [0.1, 0.15) is 0 Å². The number of nitrogens with one attached hydrogen (secondary N) is 1. The average molecular weight is 364 g/mol. The van der Waals surface area contributed by atoms with Crippen LogP contribution < -0.4 is 16.6 Å². The lowest BCUT2D eigenvalue weighted by molar-refractivity contribution is -0.138. The Labute approximate surface area is 150 Å². The van der Waals surface area contributed by atoms with Gasteiger partial charge in [-0.2, -0.15) is 0 Å². The Hall–Kier alpha value is -2.42. The molecule has 3 amide bonds. The lowest BCUT2D eigenvalue weighted by Gasteiger charge is -2.33. The number of hydrogen-bond acceptors (Lipinski definition) is 5. The molecule has 1 aromatic heterocycles. The molecular formula is C17H24N4O5. The normalized spacial score (nSPS) is 26.6. The molecule has 0 saturated carbocycles. The first-order valence-corrected chi connectivity index (χ1v) is 8.42. The van der Waals surface area contributed by atoms with Crippen molar-refractivity contribution in [3.8, 4) is 0 Å². The molecule has 1 spiro atoms. The number of rotatable bonds is 2. The van der Waals surface area contributed by atoms with Gasteiger partial charge in [0.15, 0.2) is 5.54 Å². The fraction of sp³-hybridized carbons (Fsp3) is 0.647. The zero-order valence-electron chi connectivity index (χ0n) is 15.9. The van der Waals surface area contributed by atoms with Crippen LogP contribution >= 0.6 is 0 Å². The minimum absolute atomic E-state index is 0.162. The molecule has 3 heterocycles. The van der Waals surface area contributed by atoms with Crippen LogP contribution in [0.5, 0.6) is 0 Å². The third-order valence-corrected chi connectivity index (χ3v) is 5.37. The van der Waals surface area contributed by atoms with Crippen LogP contribution in [-0.2, 0) is 30.2 Å². The maximum Gasteiger partial charge on any atom is 0.330 e. The molecule has 3 rings (SSSR count). The van der Waals surface area contributed by atoms with Crippen LogP contribution in [0.4, 0.5) is 4.79 Å². The first-order chi connectivity index (χ1) is 11.8. The van der Waals surface area contributed by atoms with E-state index in [0.29, 0.717) is 6.42 Å². The van der Waals surface area contributed by atoms with Crippen molar-refractivity contribution in [1.82, 2.24) is 19.4 Å². The highest BCUT2D eigenvalue weighted by Gasteiger charge is 2.67. The summed E-state index contributed by atoms with van der Waals surface area (Å²) in [5, 5.41) is 2.80. The molecule has 1 aromatic rings. The van der Waals surface area contributed by atoms with E-state index in [1.807, 2.05) is 13.8 Å². The van der Waals surface area contributed by atoms with Gasteiger partial charge in [-0.1, -0.05) is 0 Å². The second kappa shape index (κ2) is 5.29. The Kier molecular flexibility index (Phi) is 3.74. The fourth-order valence-corrected chi connectivity index (χ4v) is 4.05. The molecule has 26 heavy (non-hydrogen) atoms. The van der Waals surface area contributed by atoms with Crippen molar-refractivity contribution in [1.29, 1.82) is 0 Å². The Balaban J connectivity index is 2.00. The van der Waals surface area contributed by atoms with Crippen LogP contribution in [0.25, 0.3) is 0 Å². The molecule has 2 aliphatic heterocycles. The van der Waals surface area contributed by atoms with Gasteiger partial charge in [-0.3, -0.25) is 23.6 Å². The van der Waals surface area contributed by atoms with Crippen molar-refractivity contribution < 1.29 is 14.3 Å². The van der Waals surface area contributed by atoms with Crippen molar-refractivity contribution in [3.05, 3.63) is 32.6 Å². The number of carbonyl (C=O) groups is 2. The minimum atomic E-state index is -1.17. The molecule has 2 saturated heterocycles. The molecule has 0 radical (unpaired) electrons. The lowest BCUT2D eigenvalue weighted by atomic mass is 9.79. The molecule has 142 valence electrons. The van der Waals surface area contributed by atoms with Gasteiger partial charge >= 0.3 is 11.7 Å². The monoisotopic (exact) mass is 364 g/mol. The molecule has 0 aromatic carbocycles. The number of ether oxygens (including phenoxy) is 1. The zero-order chi connectivity index (χ0) is 19.7. The quantitative estimate of drug-likeness (QED) is 0.736. The summed E-state index contributed by atoms with van der Waals surface area (Å²) >= 11 is 0. The highest BCUT2D eigenvalue weighted by molar-refractivity contribution is 6.08. The van der Waals surface area contributed by atoms with Gasteiger partial charge in [0, 0.05) is 32.3 Å². The number of amides is 3. The first-order valence-electron chi connectivity index (χ1n) is 8.42. The Morgan fingerprint density at radius 2 is 1.69 bits per heavy atom. The summed E-state index contributed by atoms with van der Waals surface area (Å²) in [7, 11) is 2.87. The average Bonchev–Trinajstić information content (AvgIpc) is 2.85. The van der Waals surface area contributed by atoms with E-state index in [0.717, 1.165) is 9.47 Å². The molecule has 9 heteroatoms. The van der Waals surface area contributed by atoms with E-state index in [2.05, 4.69) is 5.32 Å². The second-order valence-corrected chi connectivity index (χ2v) is 8.15. The van der Waals surface area contributed by atoms with Gasteiger partial charge in [-0.15, -0.1) is 0 Å². The van der Waals surface area contributed by atoms with Crippen LogP contribution in [0.15, 0.2) is 15.7 Å². The molecule has 1 N–H and O–H groups in total. The highest BCUT2D eigenvalue weighted by Crippen LogP contribution is 2.48. The minimum Gasteiger partial charge on any atom is -0.367 e. The summed E-state index contributed by atoms with van der Waals surface area (Å²) in [5.41, 5.74) is -3.36. The molecule has 0 bridgehead atoms.